The summed E-state index contributed by atoms with van der Waals surface area (Å²) in [6, 6.07) is 5.76. The highest BCUT2D eigenvalue weighted by Gasteiger charge is 2.38. The lowest BCUT2D eigenvalue weighted by molar-refractivity contribution is -0.187. The van der Waals surface area contributed by atoms with Crippen LogP contribution in [-0.2, 0) is 6.11 Å². The average Bonchev–Trinajstić information content (AvgIpc) is 2.72. The molecule has 1 aliphatic rings. The number of nitriles is 1. The topological polar surface area (TPSA) is 33.0 Å². The van der Waals surface area contributed by atoms with E-state index in [1.54, 1.807) is 0 Å². The molecule has 1 aliphatic carbocycles. The molecule has 2 nitrogen and oxygen atoms in total. The van der Waals surface area contributed by atoms with E-state index in [4.69, 9.17) is 5.26 Å². The van der Waals surface area contributed by atoms with Crippen LogP contribution in [0.5, 0.6) is 5.75 Å². The fraction of sp³-hybridized carbons (Fsp3) is 0.458. The Hall–Kier alpha value is -2.62. The molecule has 0 heterocycles. The zero-order valence-corrected chi connectivity index (χ0v) is 17.2. The number of benzene rings is 2. The van der Waals surface area contributed by atoms with Crippen molar-refractivity contribution in [2.45, 2.75) is 63.9 Å². The van der Waals surface area contributed by atoms with Crippen LogP contribution in [0.3, 0.4) is 0 Å². The van der Waals surface area contributed by atoms with E-state index in [2.05, 4.69) is 11.7 Å². The Morgan fingerprint density at radius 2 is 1.65 bits per heavy atom. The van der Waals surface area contributed by atoms with E-state index >= 15 is 0 Å². The van der Waals surface area contributed by atoms with Crippen LogP contribution in [0.4, 0.5) is 22.0 Å². The van der Waals surface area contributed by atoms with Crippen molar-refractivity contribution < 1.29 is 26.7 Å². The molecule has 166 valence electrons. The van der Waals surface area contributed by atoms with Crippen LogP contribution in [0.2, 0.25) is 0 Å². The van der Waals surface area contributed by atoms with E-state index in [1.165, 1.54) is 25.0 Å². The molecule has 0 unspecified atom stereocenters. The smallest absolute Gasteiger partial charge is 0.429 e. The summed E-state index contributed by atoms with van der Waals surface area (Å²) in [6.07, 6.45) is 3.27. The average molecular weight is 437 g/mol. The van der Waals surface area contributed by atoms with Crippen molar-refractivity contribution in [1.29, 1.82) is 5.26 Å². The molecule has 0 N–H and O–H groups in total. The number of unbranched alkanes of at least 4 members (excludes halogenated alkanes) is 1. The zero-order chi connectivity index (χ0) is 22.6. The monoisotopic (exact) mass is 437 g/mol. The quantitative estimate of drug-likeness (QED) is 0.419. The van der Waals surface area contributed by atoms with Crippen molar-refractivity contribution in [2.75, 3.05) is 0 Å². The van der Waals surface area contributed by atoms with Crippen LogP contribution in [0.1, 0.15) is 74.5 Å². The molecule has 2 aromatic rings. The highest BCUT2D eigenvalue weighted by Crippen LogP contribution is 2.40. The fourth-order valence-electron chi connectivity index (χ4n) is 4.22. The van der Waals surface area contributed by atoms with Crippen molar-refractivity contribution in [3.05, 3.63) is 64.5 Å². The molecule has 0 bridgehead atoms. The van der Waals surface area contributed by atoms with Gasteiger partial charge in [0, 0.05) is 12.1 Å². The molecule has 3 rings (SSSR count). The number of alkyl halides is 2. The van der Waals surface area contributed by atoms with Gasteiger partial charge in [-0.3, -0.25) is 0 Å². The van der Waals surface area contributed by atoms with Crippen LogP contribution >= 0.6 is 0 Å². The van der Waals surface area contributed by atoms with Crippen LogP contribution in [0.25, 0.3) is 0 Å². The molecular formula is C24H24F5NO. The lowest BCUT2D eigenvalue weighted by Gasteiger charge is -2.29. The maximum Gasteiger partial charge on any atom is 0.429 e. The summed E-state index contributed by atoms with van der Waals surface area (Å²) < 4.78 is 75.3. The van der Waals surface area contributed by atoms with Gasteiger partial charge in [0.2, 0.25) is 0 Å². The van der Waals surface area contributed by atoms with Crippen LogP contribution in [-0.4, -0.2) is 0 Å². The van der Waals surface area contributed by atoms with Gasteiger partial charge in [0.1, 0.15) is 34.8 Å². The lowest BCUT2D eigenvalue weighted by Crippen LogP contribution is -2.24. The number of rotatable bonds is 7. The summed E-state index contributed by atoms with van der Waals surface area (Å²) >= 11 is 0. The Morgan fingerprint density at radius 3 is 2.19 bits per heavy atom. The summed E-state index contributed by atoms with van der Waals surface area (Å²) in [5.41, 5.74) is -1.25. The molecule has 0 aromatic heterocycles. The van der Waals surface area contributed by atoms with E-state index in [-0.39, 0.29) is 5.92 Å². The van der Waals surface area contributed by atoms with Gasteiger partial charge >= 0.3 is 6.11 Å². The Labute approximate surface area is 178 Å². The third kappa shape index (κ3) is 5.36. The molecule has 31 heavy (non-hydrogen) atoms. The number of hydrogen-bond donors (Lipinski definition) is 0. The van der Waals surface area contributed by atoms with E-state index < -0.39 is 40.4 Å². The SMILES string of the molecule is CCCCC1CCC(c2ccc(C(F)(F)Oc3cc(F)c(C#N)c(F)c3)c(F)c2)CC1. The molecule has 0 radical (unpaired) electrons. The molecule has 0 atom stereocenters. The van der Waals surface area contributed by atoms with Gasteiger partial charge in [-0.2, -0.15) is 14.0 Å². The third-order valence-electron chi connectivity index (χ3n) is 5.96. The van der Waals surface area contributed by atoms with Gasteiger partial charge in [0.05, 0.1) is 5.56 Å². The van der Waals surface area contributed by atoms with E-state index in [0.29, 0.717) is 23.6 Å². The largest absolute Gasteiger partial charge is 0.429 e. The lowest BCUT2D eigenvalue weighted by atomic mass is 9.77. The van der Waals surface area contributed by atoms with Crippen LogP contribution in [0, 0.1) is 34.7 Å². The molecule has 1 saturated carbocycles. The minimum Gasteiger partial charge on any atom is -0.429 e. The summed E-state index contributed by atoms with van der Waals surface area (Å²) in [4.78, 5) is 0. The first-order valence-electron chi connectivity index (χ1n) is 10.5. The van der Waals surface area contributed by atoms with Crippen molar-refractivity contribution in [3.63, 3.8) is 0 Å². The summed E-state index contributed by atoms with van der Waals surface area (Å²) in [5, 5.41) is 8.65. The zero-order valence-electron chi connectivity index (χ0n) is 17.2. The Balaban J connectivity index is 1.73. The first kappa shape index (κ1) is 23.1. The van der Waals surface area contributed by atoms with Crippen LogP contribution < -0.4 is 4.74 Å². The molecule has 7 heteroatoms. The minimum atomic E-state index is -4.15. The van der Waals surface area contributed by atoms with Crippen molar-refractivity contribution in [2.24, 2.45) is 5.92 Å². The minimum absolute atomic E-state index is 0.123. The maximum absolute atomic E-state index is 14.6. The number of hydrogen-bond acceptors (Lipinski definition) is 2. The molecular weight excluding hydrogens is 413 g/mol. The van der Waals surface area contributed by atoms with E-state index in [1.807, 2.05) is 0 Å². The van der Waals surface area contributed by atoms with Gasteiger partial charge in [-0.15, -0.1) is 0 Å². The Morgan fingerprint density at radius 1 is 1.00 bits per heavy atom. The van der Waals surface area contributed by atoms with E-state index in [9.17, 15) is 22.0 Å². The molecule has 0 aliphatic heterocycles. The predicted octanol–water partition coefficient (Wildman–Crippen LogP) is 7.57. The molecule has 2 aromatic carbocycles. The normalized spacial score (nSPS) is 19.1. The van der Waals surface area contributed by atoms with Gasteiger partial charge in [-0.1, -0.05) is 32.3 Å². The molecule has 0 saturated heterocycles. The second-order valence-electron chi connectivity index (χ2n) is 8.09. The second-order valence-corrected chi connectivity index (χ2v) is 8.09. The van der Waals surface area contributed by atoms with Gasteiger partial charge in [0.15, 0.2) is 0 Å². The first-order chi connectivity index (χ1) is 14.7. The number of halogens is 5. The maximum atomic E-state index is 14.6. The van der Waals surface area contributed by atoms with Crippen molar-refractivity contribution >= 4 is 0 Å². The molecule has 1 fully saturated rings. The third-order valence-corrected chi connectivity index (χ3v) is 5.96. The highest BCUT2D eigenvalue weighted by atomic mass is 19.3. The summed E-state index contributed by atoms with van der Waals surface area (Å²) in [6.45, 7) is 2.16. The van der Waals surface area contributed by atoms with E-state index in [0.717, 1.165) is 44.2 Å². The second kappa shape index (κ2) is 9.67. The Kier molecular flexibility index (Phi) is 7.19. The molecule has 0 spiro atoms. The van der Waals surface area contributed by atoms with Crippen molar-refractivity contribution in [3.8, 4) is 11.8 Å². The van der Waals surface area contributed by atoms with Crippen LogP contribution in [0.15, 0.2) is 30.3 Å². The Bertz CT molecular complexity index is 938. The van der Waals surface area contributed by atoms with Gasteiger partial charge in [-0.25, -0.2) is 13.2 Å². The standard InChI is InChI=1S/C24H24F5NO/c1-2-3-4-15-5-7-16(8-6-15)17-9-10-20(23(27)11-17)24(28,29)31-18-12-21(25)19(14-30)22(26)13-18/h9-13,15-16H,2-8H2,1H3. The summed E-state index contributed by atoms with van der Waals surface area (Å²) in [5.74, 6) is -3.85. The van der Waals surface area contributed by atoms with Gasteiger partial charge < -0.3 is 4.74 Å². The predicted molar refractivity (Wildman–Crippen MR) is 106 cm³/mol. The first-order valence-corrected chi connectivity index (χ1v) is 10.5. The summed E-state index contributed by atoms with van der Waals surface area (Å²) in [7, 11) is 0. The molecule has 0 amide bonds. The van der Waals surface area contributed by atoms with Gasteiger partial charge in [0.25, 0.3) is 0 Å². The van der Waals surface area contributed by atoms with Gasteiger partial charge in [-0.05, 0) is 55.2 Å². The number of nitrogens with zero attached hydrogens (tertiary/aromatic N) is 1. The number of ether oxygens (including phenoxy) is 1. The van der Waals surface area contributed by atoms with Crippen molar-refractivity contribution in [1.82, 2.24) is 0 Å². The highest BCUT2D eigenvalue weighted by molar-refractivity contribution is 5.38. The fourth-order valence-corrected chi connectivity index (χ4v) is 4.22.